The molecule has 0 aliphatic rings. The summed E-state index contributed by atoms with van der Waals surface area (Å²) in [5.74, 6) is -2.25. The molecule has 0 bridgehead atoms. The number of nitro groups is 1. The lowest BCUT2D eigenvalue weighted by molar-refractivity contribution is -0.385. The van der Waals surface area contributed by atoms with Gasteiger partial charge in [-0.2, -0.15) is 0 Å². The van der Waals surface area contributed by atoms with Crippen LogP contribution in [0.2, 0.25) is 0 Å². The van der Waals surface area contributed by atoms with Crippen LogP contribution in [0.1, 0.15) is 16.1 Å². The van der Waals surface area contributed by atoms with E-state index < -0.39 is 22.3 Å². The van der Waals surface area contributed by atoms with Gasteiger partial charge in [-0.25, -0.2) is 14.2 Å². The average Bonchev–Trinajstić information content (AvgIpc) is 2.37. The van der Waals surface area contributed by atoms with Gasteiger partial charge in [-0.3, -0.25) is 10.1 Å². The fraction of sp³-hybridized carbons (Fsp3) is 0.0769. The summed E-state index contributed by atoms with van der Waals surface area (Å²) in [5, 5.41) is 19.4. The van der Waals surface area contributed by atoms with E-state index >= 15 is 0 Å². The smallest absolute Gasteiger partial charge is 0.338 e. The van der Waals surface area contributed by atoms with Gasteiger partial charge in [0, 0.05) is 18.2 Å². The molecule has 1 N–H and O–H groups in total. The molecule has 7 nitrogen and oxygen atoms in total. The zero-order chi connectivity index (χ0) is 15.6. The highest BCUT2D eigenvalue weighted by atomic mass is 19.1. The van der Waals surface area contributed by atoms with Gasteiger partial charge < -0.3 is 9.84 Å². The van der Waals surface area contributed by atoms with E-state index in [9.17, 15) is 19.3 Å². The molecular formula is C13H9FN2O5. The third kappa shape index (κ3) is 3.11. The Bertz CT molecular complexity index is 671. The van der Waals surface area contributed by atoms with Gasteiger partial charge in [0.2, 0.25) is 5.88 Å². The summed E-state index contributed by atoms with van der Waals surface area (Å²) in [4.78, 5) is 24.6. The molecular weight excluding hydrogens is 283 g/mol. The fourth-order valence-corrected chi connectivity index (χ4v) is 1.63. The molecule has 0 saturated carbocycles. The lowest BCUT2D eigenvalue weighted by Crippen LogP contribution is -2.01. The molecule has 2 aromatic rings. The van der Waals surface area contributed by atoms with E-state index in [0.717, 1.165) is 12.1 Å². The second-order valence-corrected chi connectivity index (χ2v) is 4.06. The Morgan fingerprint density at radius 1 is 1.38 bits per heavy atom. The molecule has 2 rings (SSSR count). The normalized spacial score (nSPS) is 10.2. The Morgan fingerprint density at radius 3 is 2.62 bits per heavy atom. The number of nitrogens with zero attached hydrogens (tertiary/aromatic N) is 2. The molecule has 21 heavy (non-hydrogen) atoms. The van der Waals surface area contributed by atoms with Crippen LogP contribution in [-0.4, -0.2) is 21.0 Å². The van der Waals surface area contributed by atoms with Crippen LogP contribution in [-0.2, 0) is 0 Å². The molecule has 0 saturated heterocycles. The number of hydrogen-bond donors (Lipinski definition) is 1. The Kier molecular flexibility index (Phi) is 3.79. The highest BCUT2D eigenvalue weighted by Gasteiger charge is 2.14. The summed E-state index contributed by atoms with van der Waals surface area (Å²) in [6.07, 6.45) is 0. The van der Waals surface area contributed by atoms with Gasteiger partial charge in [0.1, 0.15) is 17.3 Å². The molecule has 0 unspecified atom stereocenters. The van der Waals surface area contributed by atoms with Crippen molar-refractivity contribution in [3.05, 3.63) is 57.5 Å². The standard InChI is InChI=1S/C13H9FN2O5/c1-7-11(16(19)20)4-5-12(15-7)21-8-2-3-9(13(17)18)10(14)6-8/h2-6H,1H3,(H,17,18). The summed E-state index contributed by atoms with van der Waals surface area (Å²) in [5.41, 5.74) is -0.481. The van der Waals surface area contributed by atoms with Crippen LogP contribution in [0.15, 0.2) is 30.3 Å². The second-order valence-electron chi connectivity index (χ2n) is 4.06. The SMILES string of the molecule is Cc1nc(Oc2ccc(C(=O)O)c(F)c2)ccc1[N+](=O)[O-]. The number of hydrogen-bond acceptors (Lipinski definition) is 5. The first-order valence-corrected chi connectivity index (χ1v) is 5.71. The average molecular weight is 292 g/mol. The lowest BCUT2D eigenvalue weighted by Gasteiger charge is -2.06. The maximum Gasteiger partial charge on any atom is 0.338 e. The summed E-state index contributed by atoms with van der Waals surface area (Å²) in [6, 6.07) is 5.73. The molecule has 0 aliphatic heterocycles. The van der Waals surface area contributed by atoms with Crippen LogP contribution < -0.4 is 4.74 Å². The lowest BCUT2D eigenvalue weighted by atomic mass is 10.2. The van der Waals surface area contributed by atoms with Gasteiger partial charge in [-0.1, -0.05) is 0 Å². The van der Waals surface area contributed by atoms with E-state index in [1.165, 1.54) is 25.1 Å². The molecule has 1 aromatic carbocycles. The van der Waals surface area contributed by atoms with E-state index in [1.54, 1.807) is 0 Å². The van der Waals surface area contributed by atoms with Crippen molar-refractivity contribution >= 4 is 11.7 Å². The quantitative estimate of drug-likeness (QED) is 0.686. The summed E-state index contributed by atoms with van der Waals surface area (Å²) < 4.78 is 18.7. The molecule has 1 aromatic heterocycles. The Hall–Kier alpha value is -3.03. The van der Waals surface area contributed by atoms with E-state index in [2.05, 4.69) is 4.98 Å². The minimum Gasteiger partial charge on any atom is -0.478 e. The van der Waals surface area contributed by atoms with Gasteiger partial charge in [0.25, 0.3) is 5.69 Å². The van der Waals surface area contributed by atoms with Crippen molar-refractivity contribution in [1.29, 1.82) is 0 Å². The number of rotatable bonds is 4. The van der Waals surface area contributed by atoms with Crippen molar-refractivity contribution in [3.8, 4) is 11.6 Å². The summed E-state index contributed by atoms with van der Waals surface area (Å²) in [7, 11) is 0. The predicted octanol–water partition coefficient (Wildman–Crippen LogP) is 2.93. The van der Waals surface area contributed by atoms with Gasteiger partial charge >= 0.3 is 5.97 Å². The molecule has 1 heterocycles. The zero-order valence-electron chi connectivity index (χ0n) is 10.7. The summed E-state index contributed by atoms with van der Waals surface area (Å²) in [6.45, 7) is 1.44. The number of ether oxygens (including phenoxy) is 1. The topological polar surface area (TPSA) is 103 Å². The third-order valence-electron chi connectivity index (χ3n) is 2.62. The maximum absolute atomic E-state index is 13.5. The van der Waals surface area contributed by atoms with Gasteiger partial charge in [0.05, 0.1) is 10.5 Å². The number of pyridine rings is 1. The predicted molar refractivity (Wildman–Crippen MR) is 69.1 cm³/mol. The van der Waals surface area contributed by atoms with Crippen LogP contribution >= 0.6 is 0 Å². The third-order valence-corrected chi connectivity index (χ3v) is 2.62. The maximum atomic E-state index is 13.5. The molecule has 8 heteroatoms. The fourth-order valence-electron chi connectivity index (χ4n) is 1.63. The first-order chi connectivity index (χ1) is 9.88. The molecule has 0 radical (unpaired) electrons. The Balaban J connectivity index is 2.26. The molecule has 0 amide bonds. The van der Waals surface area contributed by atoms with Gasteiger partial charge in [-0.05, 0) is 19.1 Å². The van der Waals surface area contributed by atoms with Crippen molar-refractivity contribution in [3.63, 3.8) is 0 Å². The van der Waals surface area contributed by atoms with Gasteiger partial charge in [-0.15, -0.1) is 0 Å². The number of carboxylic acid groups (broad SMARTS) is 1. The van der Waals surface area contributed by atoms with E-state index in [0.29, 0.717) is 0 Å². The molecule has 108 valence electrons. The van der Waals surface area contributed by atoms with Crippen LogP contribution in [0, 0.1) is 22.9 Å². The minimum atomic E-state index is -1.39. The first kappa shape index (κ1) is 14.4. The highest BCUT2D eigenvalue weighted by molar-refractivity contribution is 5.88. The van der Waals surface area contributed by atoms with E-state index in [-0.39, 0.29) is 23.0 Å². The zero-order valence-corrected chi connectivity index (χ0v) is 10.7. The highest BCUT2D eigenvalue weighted by Crippen LogP contribution is 2.25. The summed E-state index contributed by atoms with van der Waals surface area (Å²) >= 11 is 0. The minimum absolute atomic E-state index is 0.0400. The first-order valence-electron chi connectivity index (χ1n) is 5.71. The second kappa shape index (κ2) is 5.53. The Morgan fingerprint density at radius 2 is 2.10 bits per heavy atom. The van der Waals surface area contributed by atoms with Crippen LogP contribution in [0.5, 0.6) is 11.6 Å². The van der Waals surface area contributed by atoms with Crippen molar-refractivity contribution in [2.45, 2.75) is 6.92 Å². The van der Waals surface area contributed by atoms with Gasteiger partial charge in [0.15, 0.2) is 0 Å². The number of halogens is 1. The molecule has 0 aliphatic carbocycles. The number of aromatic carboxylic acids is 1. The van der Waals surface area contributed by atoms with Crippen LogP contribution in [0.25, 0.3) is 0 Å². The van der Waals surface area contributed by atoms with Crippen LogP contribution in [0.4, 0.5) is 10.1 Å². The van der Waals surface area contributed by atoms with Crippen molar-refractivity contribution in [1.82, 2.24) is 4.98 Å². The number of benzene rings is 1. The van der Waals surface area contributed by atoms with Crippen molar-refractivity contribution in [2.75, 3.05) is 0 Å². The number of aryl methyl sites for hydroxylation is 1. The molecule has 0 fully saturated rings. The number of aromatic nitrogens is 1. The largest absolute Gasteiger partial charge is 0.478 e. The van der Waals surface area contributed by atoms with Crippen molar-refractivity contribution < 1.29 is 24.0 Å². The van der Waals surface area contributed by atoms with E-state index in [1.807, 2.05) is 0 Å². The van der Waals surface area contributed by atoms with Crippen molar-refractivity contribution in [2.24, 2.45) is 0 Å². The Labute approximate surface area is 117 Å². The monoisotopic (exact) mass is 292 g/mol. The van der Waals surface area contributed by atoms with Crippen LogP contribution in [0.3, 0.4) is 0 Å². The number of carboxylic acids is 1. The number of carbonyl (C=O) groups is 1. The van der Waals surface area contributed by atoms with E-state index in [4.69, 9.17) is 9.84 Å². The molecule has 0 atom stereocenters. The molecule has 0 spiro atoms.